The minimum atomic E-state index is 0.684. The zero-order chi connectivity index (χ0) is 14.2. The molecule has 110 valence electrons. The SMILES string of the molecule is CC1CCCN(CCCNC(=S)Nc2ccncc2)C1. The Bertz CT molecular complexity index is 410. The van der Waals surface area contributed by atoms with E-state index in [4.69, 9.17) is 12.2 Å². The first-order chi connectivity index (χ1) is 9.74. The van der Waals surface area contributed by atoms with Gasteiger partial charge in [0, 0.05) is 31.2 Å². The molecule has 0 amide bonds. The molecule has 0 bridgehead atoms. The standard InChI is InChI=1S/C15H24N4S/c1-13-4-2-10-19(12-13)11-3-7-17-15(20)18-14-5-8-16-9-6-14/h5-6,8-9,13H,2-4,7,10-12H2,1H3,(H2,16,17,18,20). The first-order valence-corrected chi connectivity index (χ1v) is 7.82. The molecule has 0 aliphatic carbocycles. The van der Waals surface area contributed by atoms with E-state index in [0.29, 0.717) is 5.11 Å². The fourth-order valence-corrected chi connectivity index (χ4v) is 2.82. The number of aromatic nitrogens is 1. The maximum atomic E-state index is 5.27. The predicted molar refractivity (Wildman–Crippen MR) is 87.9 cm³/mol. The van der Waals surface area contributed by atoms with E-state index in [2.05, 4.69) is 27.4 Å². The summed E-state index contributed by atoms with van der Waals surface area (Å²) in [5, 5.41) is 7.09. The third kappa shape index (κ3) is 5.43. The van der Waals surface area contributed by atoms with Gasteiger partial charge in [0.1, 0.15) is 0 Å². The first-order valence-electron chi connectivity index (χ1n) is 7.41. The topological polar surface area (TPSA) is 40.2 Å². The molecule has 1 unspecified atom stereocenters. The van der Waals surface area contributed by atoms with Gasteiger partial charge in [-0.2, -0.15) is 0 Å². The van der Waals surface area contributed by atoms with Crippen LogP contribution in [0.25, 0.3) is 0 Å². The van der Waals surface area contributed by atoms with Gasteiger partial charge >= 0.3 is 0 Å². The van der Waals surface area contributed by atoms with Gasteiger partial charge in [0.2, 0.25) is 0 Å². The lowest BCUT2D eigenvalue weighted by Crippen LogP contribution is -2.37. The van der Waals surface area contributed by atoms with Crippen molar-refractivity contribution < 1.29 is 0 Å². The van der Waals surface area contributed by atoms with Gasteiger partial charge in [-0.05, 0) is 62.6 Å². The highest BCUT2D eigenvalue weighted by Gasteiger charge is 2.15. The molecule has 0 spiro atoms. The molecule has 1 fully saturated rings. The van der Waals surface area contributed by atoms with Gasteiger partial charge < -0.3 is 15.5 Å². The van der Waals surface area contributed by atoms with Crippen LogP contribution in [-0.2, 0) is 0 Å². The van der Waals surface area contributed by atoms with Crippen molar-refractivity contribution in [3.8, 4) is 0 Å². The molecule has 4 nitrogen and oxygen atoms in total. The molecule has 0 radical (unpaired) electrons. The van der Waals surface area contributed by atoms with Crippen molar-refractivity contribution in [1.29, 1.82) is 0 Å². The van der Waals surface area contributed by atoms with Crippen molar-refractivity contribution in [2.24, 2.45) is 5.92 Å². The maximum absolute atomic E-state index is 5.27. The summed E-state index contributed by atoms with van der Waals surface area (Å²) in [5.74, 6) is 0.853. The van der Waals surface area contributed by atoms with Gasteiger partial charge in [0.05, 0.1) is 0 Å². The van der Waals surface area contributed by atoms with E-state index in [1.54, 1.807) is 12.4 Å². The Hall–Kier alpha value is -1.20. The molecule has 2 N–H and O–H groups in total. The Morgan fingerprint density at radius 1 is 1.45 bits per heavy atom. The van der Waals surface area contributed by atoms with Crippen LogP contribution in [0.15, 0.2) is 24.5 Å². The maximum Gasteiger partial charge on any atom is 0.170 e. The number of rotatable bonds is 5. The lowest BCUT2D eigenvalue weighted by molar-refractivity contribution is 0.182. The molecular weight excluding hydrogens is 268 g/mol. The van der Waals surface area contributed by atoms with Crippen LogP contribution in [0.1, 0.15) is 26.2 Å². The predicted octanol–water partition coefficient (Wildman–Crippen LogP) is 2.49. The third-order valence-electron chi connectivity index (χ3n) is 3.62. The van der Waals surface area contributed by atoms with E-state index in [0.717, 1.165) is 31.1 Å². The van der Waals surface area contributed by atoms with Crippen molar-refractivity contribution in [2.45, 2.75) is 26.2 Å². The number of hydrogen-bond donors (Lipinski definition) is 2. The number of pyridine rings is 1. The number of anilines is 1. The Balaban J connectivity index is 1.57. The second-order valence-electron chi connectivity index (χ2n) is 5.52. The normalized spacial score (nSPS) is 19.6. The quantitative estimate of drug-likeness (QED) is 0.644. The monoisotopic (exact) mass is 292 g/mol. The van der Waals surface area contributed by atoms with E-state index < -0.39 is 0 Å². The Morgan fingerprint density at radius 3 is 3.00 bits per heavy atom. The van der Waals surface area contributed by atoms with Gasteiger partial charge in [0.25, 0.3) is 0 Å². The van der Waals surface area contributed by atoms with E-state index >= 15 is 0 Å². The van der Waals surface area contributed by atoms with Crippen LogP contribution < -0.4 is 10.6 Å². The Morgan fingerprint density at radius 2 is 2.25 bits per heavy atom. The molecule has 1 saturated heterocycles. The van der Waals surface area contributed by atoms with Crippen molar-refractivity contribution in [3.05, 3.63) is 24.5 Å². The summed E-state index contributed by atoms with van der Waals surface area (Å²) in [5.41, 5.74) is 0.974. The summed E-state index contributed by atoms with van der Waals surface area (Å²) in [6.45, 7) is 6.93. The minimum absolute atomic E-state index is 0.684. The van der Waals surface area contributed by atoms with Crippen LogP contribution in [0.3, 0.4) is 0 Å². The second-order valence-corrected chi connectivity index (χ2v) is 5.93. The zero-order valence-electron chi connectivity index (χ0n) is 12.1. The van der Waals surface area contributed by atoms with Gasteiger partial charge in [-0.3, -0.25) is 4.98 Å². The molecule has 2 rings (SSSR count). The van der Waals surface area contributed by atoms with Crippen LogP contribution in [-0.4, -0.2) is 41.2 Å². The van der Waals surface area contributed by atoms with Gasteiger partial charge in [0.15, 0.2) is 5.11 Å². The van der Waals surface area contributed by atoms with Crippen LogP contribution in [0.5, 0.6) is 0 Å². The molecule has 2 heterocycles. The average molecular weight is 292 g/mol. The fraction of sp³-hybridized carbons (Fsp3) is 0.600. The van der Waals surface area contributed by atoms with E-state index in [1.165, 1.54) is 25.9 Å². The van der Waals surface area contributed by atoms with Gasteiger partial charge in [-0.15, -0.1) is 0 Å². The Labute approximate surface area is 127 Å². The highest BCUT2D eigenvalue weighted by Crippen LogP contribution is 2.15. The summed E-state index contributed by atoms with van der Waals surface area (Å²) < 4.78 is 0. The smallest absolute Gasteiger partial charge is 0.170 e. The minimum Gasteiger partial charge on any atom is -0.362 e. The summed E-state index contributed by atoms with van der Waals surface area (Å²) >= 11 is 5.27. The molecule has 20 heavy (non-hydrogen) atoms. The van der Waals surface area contributed by atoms with E-state index in [9.17, 15) is 0 Å². The molecule has 1 atom stereocenters. The number of piperidine rings is 1. The number of nitrogens with one attached hydrogen (secondary N) is 2. The fourth-order valence-electron chi connectivity index (χ4n) is 2.60. The largest absolute Gasteiger partial charge is 0.362 e. The number of thiocarbonyl (C=S) groups is 1. The second kappa shape index (κ2) is 8.17. The van der Waals surface area contributed by atoms with Crippen LogP contribution in [0, 0.1) is 5.92 Å². The molecule has 1 aliphatic heterocycles. The molecule has 1 aliphatic rings. The van der Waals surface area contributed by atoms with Crippen LogP contribution in [0.4, 0.5) is 5.69 Å². The highest BCUT2D eigenvalue weighted by atomic mass is 32.1. The third-order valence-corrected chi connectivity index (χ3v) is 3.86. The molecular formula is C15H24N4S. The summed E-state index contributed by atoms with van der Waals surface area (Å²) in [4.78, 5) is 6.54. The summed E-state index contributed by atoms with van der Waals surface area (Å²) in [6.07, 6.45) is 7.36. The van der Waals surface area contributed by atoms with Crippen molar-refractivity contribution in [2.75, 3.05) is 31.5 Å². The van der Waals surface area contributed by atoms with E-state index in [-0.39, 0.29) is 0 Å². The molecule has 1 aromatic heterocycles. The highest BCUT2D eigenvalue weighted by molar-refractivity contribution is 7.80. The average Bonchev–Trinajstić information content (AvgIpc) is 2.45. The molecule has 0 aromatic carbocycles. The van der Waals surface area contributed by atoms with Gasteiger partial charge in [-0.25, -0.2) is 0 Å². The number of nitrogens with zero attached hydrogens (tertiary/aromatic N) is 2. The zero-order valence-corrected chi connectivity index (χ0v) is 13.0. The summed E-state index contributed by atoms with van der Waals surface area (Å²) in [7, 11) is 0. The first kappa shape index (κ1) is 15.2. The van der Waals surface area contributed by atoms with Crippen LogP contribution >= 0.6 is 12.2 Å². The van der Waals surface area contributed by atoms with Gasteiger partial charge in [-0.1, -0.05) is 6.92 Å². The lowest BCUT2D eigenvalue weighted by Gasteiger charge is -2.30. The van der Waals surface area contributed by atoms with Crippen molar-refractivity contribution in [3.63, 3.8) is 0 Å². The molecule has 1 aromatic rings. The van der Waals surface area contributed by atoms with Crippen LogP contribution in [0.2, 0.25) is 0 Å². The van der Waals surface area contributed by atoms with Crippen molar-refractivity contribution in [1.82, 2.24) is 15.2 Å². The van der Waals surface area contributed by atoms with E-state index in [1.807, 2.05) is 12.1 Å². The summed E-state index contributed by atoms with van der Waals surface area (Å²) in [6, 6.07) is 3.81. The molecule has 0 saturated carbocycles. The molecule has 5 heteroatoms. The lowest BCUT2D eigenvalue weighted by atomic mass is 10.0. The van der Waals surface area contributed by atoms with Crippen molar-refractivity contribution >= 4 is 23.0 Å². The Kier molecular flexibility index (Phi) is 6.21. The number of hydrogen-bond acceptors (Lipinski definition) is 3. The number of likely N-dealkylation sites (tertiary alicyclic amines) is 1.